The van der Waals surface area contributed by atoms with Gasteiger partial charge in [0.05, 0.1) is 18.8 Å². The van der Waals surface area contributed by atoms with E-state index in [1.165, 1.54) is 7.11 Å². The predicted octanol–water partition coefficient (Wildman–Crippen LogP) is 4.49. The van der Waals surface area contributed by atoms with E-state index in [1.54, 1.807) is 36.0 Å². The Balaban J connectivity index is 1.63. The zero-order chi connectivity index (χ0) is 24.8. The summed E-state index contributed by atoms with van der Waals surface area (Å²) in [6, 6.07) is 4.10. The van der Waals surface area contributed by atoms with E-state index in [0.717, 1.165) is 21.6 Å². The molecule has 0 saturated carbocycles. The van der Waals surface area contributed by atoms with Crippen molar-refractivity contribution in [3.63, 3.8) is 0 Å². The first-order chi connectivity index (χ1) is 16.0. The minimum Gasteiger partial charge on any atom is -0.497 e. The second-order valence-electron chi connectivity index (χ2n) is 8.17. The van der Waals surface area contributed by atoms with Crippen molar-refractivity contribution in [2.24, 2.45) is 7.05 Å². The average molecular weight is 497 g/mol. The van der Waals surface area contributed by atoms with E-state index in [2.05, 4.69) is 20.8 Å². The molecule has 0 spiro atoms. The van der Waals surface area contributed by atoms with Crippen molar-refractivity contribution in [3.05, 3.63) is 57.5 Å². The summed E-state index contributed by atoms with van der Waals surface area (Å²) in [6.07, 6.45) is -4.90. The van der Waals surface area contributed by atoms with Gasteiger partial charge in [0.2, 0.25) is 0 Å². The zero-order valence-electron chi connectivity index (χ0n) is 19.0. The van der Waals surface area contributed by atoms with E-state index < -0.39 is 24.2 Å². The fourth-order valence-electron chi connectivity index (χ4n) is 4.12. The summed E-state index contributed by atoms with van der Waals surface area (Å²) in [5, 5.41) is 13.8. The zero-order valence-corrected chi connectivity index (χ0v) is 19.8. The maximum absolute atomic E-state index is 14.0. The Morgan fingerprint density at radius 2 is 1.94 bits per heavy atom. The van der Waals surface area contributed by atoms with Crippen LogP contribution >= 0.6 is 11.6 Å². The van der Waals surface area contributed by atoms with E-state index in [4.69, 9.17) is 16.3 Å². The third-order valence-corrected chi connectivity index (χ3v) is 6.47. The number of amides is 1. The summed E-state index contributed by atoms with van der Waals surface area (Å²) in [7, 11) is 3.30. The summed E-state index contributed by atoms with van der Waals surface area (Å²) in [5.41, 5.74) is 2.80. The van der Waals surface area contributed by atoms with Crippen LogP contribution in [0.4, 0.5) is 19.0 Å². The maximum atomic E-state index is 14.0. The molecule has 0 saturated heterocycles. The molecule has 2 aromatic heterocycles. The number of nitrogens with zero attached hydrogens (tertiary/aromatic N) is 4. The molecule has 2 atom stereocenters. The van der Waals surface area contributed by atoms with Gasteiger partial charge in [-0.2, -0.15) is 23.4 Å². The van der Waals surface area contributed by atoms with Crippen molar-refractivity contribution in [2.45, 2.75) is 45.1 Å². The Bertz CT molecular complexity index is 1220. The van der Waals surface area contributed by atoms with Crippen LogP contribution in [-0.2, 0) is 13.6 Å². The molecule has 0 bridgehead atoms. The van der Waals surface area contributed by atoms with Gasteiger partial charge in [-0.05, 0) is 31.5 Å². The van der Waals surface area contributed by atoms with Gasteiger partial charge in [0.15, 0.2) is 11.7 Å². The number of benzene rings is 1. The van der Waals surface area contributed by atoms with Crippen molar-refractivity contribution in [1.29, 1.82) is 0 Å². The summed E-state index contributed by atoms with van der Waals surface area (Å²) >= 11 is 6.39. The van der Waals surface area contributed by atoms with E-state index in [0.29, 0.717) is 11.3 Å². The number of anilines is 1. The normalized spacial score (nSPS) is 17.8. The molecule has 0 radical (unpaired) electrons. The Labute approximate surface area is 199 Å². The van der Waals surface area contributed by atoms with E-state index >= 15 is 0 Å². The second kappa shape index (κ2) is 8.86. The molecule has 1 aliphatic heterocycles. The standard InChI is InChI=1S/C22H24ClF3N6O2/c1-11-15(12(2)31(3)29-11)10-27-21(33)19-18(23)20-28-16(13-5-7-14(34-4)8-6-13)9-17(22(24,25)26)32(20)30-19/h5-8,16-17,28H,9-10H2,1-4H3,(H,27,33)/t16-,17+/m0/s1. The Morgan fingerprint density at radius 3 is 2.50 bits per heavy atom. The third kappa shape index (κ3) is 4.31. The van der Waals surface area contributed by atoms with Crippen molar-refractivity contribution in [2.75, 3.05) is 12.4 Å². The number of rotatable bonds is 5. The summed E-state index contributed by atoms with van der Waals surface area (Å²) in [5.74, 6) is -0.124. The number of halogens is 4. The summed E-state index contributed by atoms with van der Waals surface area (Å²) in [6.45, 7) is 3.82. The molecule has 1 aromatic carbocycles. The predicted molar refractivity (Wildman–Crippen MR) is 120 cm³/mol. The molecule has 8 nitrogen and oxygen atoms in total. The quantitative estimate of drug-likeness (QED) is 0.544. The van der Waals surface area contributed by atoms with Gasteiger partial charge in [0.25, 0.3) is 5.91 Å². The lowest BCUT2D eigenvalue weighted by atomic mass is 9.97. The Hall–Kier alpha value is -3.21. The lowest BCUT2D eigenvalue weighted by Crippen LogP contribution is -2.35. The van der Waals surface area contributed by atoms with E-state index in [9.17, 15) is 18.0 Å². The molecular weight excluding hydrogens is 473 g/mol. The largest absolute Gasteiger partial charge is 0.497 e. The minimum absolute atomic E-state index is 0.0463. The van der Waals surface area contributed by atoms with Crippen molar-refractivity contribution < 1.29 is 22.7 Å². The van der Waals surface area contributed by atoms with E-state index in [1.807, 2.05) is 13.8 Å². The number of hydrogen-bond donors (Lipinski definition) is 2. The van der Waals surface area contributed by atoms with Crippen LogP contribution in [0.15, 0.2) is 24.3 Å². The molecule has 1 amide bonds. The first-order valence-corrected chi connectivity index (χ1v) is 10.9. The molecule has 0 aliphatic carbocycles. The Morgan fingerprint density at radius 1 is 1.26 bits per heavy atom. The number of ether oxygens (including phenoxy) is 1. The molecule has 182 valence electrons. The second-order valence-corrected chi connectivity index (χ2v) is 8.55. The molecular formula is C22H24ClF3N6O2. The van der Waals surface area contributed by atoms with Gasteiger partial charge >= 0.3 is 6.18 Å². The van der Waals surface area contributed by atoms with Crippen LogP contribution in [-0.4, -0.2) is 38.8 Å². The summed E-state index contributed by atoms with van der Waals surface area (Å²) < 4.78 is 49.5. The monoisotopic (exact) mass is 496 g/mol. The number of carbonyl (C=O) groups excluding carboxylic acids is 1. The number of carbonyl (C=O) groups is 1. The van der Waals surface area contributed by atoms with Gasteiger partial charge in [-0.25, -0.2) is 4.68 Å². The van der Waals surface area contributed by atoms with Crippen molar-refractivity contribution in [1.82, 2.24) is 24.9 Å². The van der Waals surface area contributed by atoms with Crippen molar-refractivity contribution in [3.8, 4) is 5.75 Å². The van der Waals surface area contributed by atoms with Gasteiger partial charge in [-0.3, -0.25) is 9.48 Å². The number of methoxy groups -OCH3 is 1. The van der Waals surface area contributed by atoms with Gasteiger partial charge in [-0.1, -0.05) is 23.7 Å². The minimum atomic E-state index is -4.59. The van der Waals surface area contributed by atoms with Gasteiger partial charge < -0.3 is 15.4 Å². The number of aromatic nitrogens is 4. The van der Waals surface area contributed by atoms with Crippen LogP contribution < -0.4 is 15.4 Å². The number of alkyl halides is 3. The fraction of sp³-hybridized carbons (Fsp3) is 0.409. The SMILES string of the molecule is COc1ccc([C@@H]2C[C@H](C(F)(F)F)n3nc(C(=O)NCc4c(C)nn(C)c4C)c(Cl)c3N2)cc1. The molecule has 0 unspecified atom stereocenters. The number of fused-ring (bicyclic) bond motifs is 1. The van der Waals surface area contributed by atoms with Crippen LogP contribution in [0, 0.1) is 13.8 Å². The number of aryl methyl sites for hydroxylation is 2. The fourth-order valence-corrected chi connectivity index (χ4v) is 4.38. The highest BCUT2D eigenvalue weighted by Gasteiger charge is 2.47. The third-order valence-electron chi connectivity index (χ3n) is 6.11. The molecule has 2 N–H and O–H groups in total. The first kappa shape index (κ1) is 23.9. The van der Waals surface area contributed by atoms with Gasteiger partial charge in [-0.15, -0.1) is 0 Å². The topological polar surface area (TPSA) is 86.0 Å². The summed E-state index contributed by atoms with van der Waals surface area (Å²) in [4.78, 5) is 12.8. The van der Waals surface area contributed by atoms with Crippen LogP contribution in [0.25, 0.3) is 0 Å². The lowest BCUT2D eigenvalue weighted by Gasteiger charge is -2.33. The molecule has 4 rings (SSSR count). The molecule has 3 heterocycles. The van der Waals surface area contributed by atoms with Crippen molar-refractivity contribution >= 4 is 23.3 Å². The first-order valence-electron chi connectivity index (χ1n) is 10.5. The van der Waals surface area contributed by atoms with Crippen LogP contribution in [0.3, 0.4) is 0 Å². The highest BCUT2D eigenvalue weighted by Crippen LogP contribution is 2.46. The maximum Gasteiger partial charge on any atom is 0.410 e. The van der Waals surface area contributed by atoms with Gasteiger partial charge in [0, 0.05) is 31.3 Å². The molecule has 12 heteroatoms. The highest BCUT2D eigenvalue weighted by molar-refractivity contribution is 6.36. The Kier molecular flexibility index (Phi) is 6.24. The van der Waals surface area contributed by atoms with Crippen LogP contribution in [0.5, 0.6) is 5.75 Å². The lowest BCUT2D eigenvalue weighted by molar-refractivity contribution is -0.173. The molecule has 3 aromatic rings. The average Bonchev–Trinajstić information content (AvgIpc) is 3.26. The molecule has 34 heavy (non-hydrogen) atoms. The molecule has 0 fully saturated rings. The number of hydrogen-bond acceptors (Lipinski definition) is 5. The highest BCUT2D eigenvalue weighted by atomic mass is 35.5. The smallest absolute Gasteiger partial charge is 0.410 e. The van der Waals surface area contributed by atoms with Crippen LogP contribution in [0.1, 0.15) is 51.5 Å². The van der Waals surface area contributed by atoms with Gasteiger partial charge in [0.1, 0.15) is 16.6 Å². The van der Waals surface area contributed by atoms with Crippen LogP contribution in [0.2, 0.25) is 5.02 Å². The molecule has 1 aliphatic rings. The van der Waals surface area contributed by atoms with E-state index in [-0.39, 0.29) is 29.5 Å². The number of nitrogens with one attached hydrogen (secondary N) is 2.